The number of nitrogens with one attached hydrogen (secondary N) is 1. The molecule has 1 aromatic carbocycles. The Morgan fingerprint density at radius 2 is 2.17 bits per heavy atom. The van der Waals surface area contributed by atoms with Gasteiger partial charge in [-0.25, -0.2) is 0 Å². The van der Waals surface area contributed by atoms with Gasteiger partial charge in [0.25, 0.3) is 0 Å². The number of halogens is 1. The Bertz CT molecular complexity index is 421. The van der Waals surface area contributed by atoms with Gasteiger partial charge in [-0.15, -0.1) is 0 Å². The van der Waals surface area contributed by atoms with Crippen LogP contribution < -0.4 is 15.8 Å². The van der Waals surface area contributed by atoms with E-state index in [9.17, 15) is 4.79 Å². The van der Waals surface area contributed by atoms with Gasteiger partial charge in [-0.1, -0.05) is 13.8 Å². The Morgan fingerprint density at radius 1 is 1.50 bits per heavy atom. The molecule has 0 spiro atoms. The van der Waals surface area contributed by atoms with Crippen LogP contribution in [0.5, 0.6) is 5.75 Å². The second-order valence-electron chi connectivity index (χ2n) is 4.57. The van der Waals surface area contributed by atoms with Crippen molar-refractivity contribution in [2.75, 3.05) is 12.4 Å². The number of ether oxygens (including phenoxy) is 1. The van der Waals surface area contributed by atoms with Crippen molar-refractivity contribution in [2.24, 2.45) is 11.7 Å². The van der Waals surface area contributed by atoms with Gasteiger partial charge < -0.3 is 15.8 Å². The van der Waals surface area contributed by atoms with E-state index >= 15 is 0 Å². The van der Waals surface area contributed by atoms with E-state index in [4.69, 9.17) is 10.5 Å². The van der Waals surface area contributed by atoms with Crippen LogP contribution in [-0.2, 0) is 4.79 Å². The van der Waals surface area contributed by atoms with Crippen molar-refractivity contribution in [2.45, 2.75) is 26.3 Å². The van der Waals surface area contributed by atoms with Gasteiger partial charge in [-0.2, -0.15) is 0 Å². The standard InChI is InChI=1S/C13H19BrN2O2/c1-8(2)6-11(15)13(17)16-9-4-5-12(18-3)10(14)7-9/h4-5,7-8,11H,6,15H2,1-3H3,(H,16,17)/t11-/m0/s1. The van der Waals surface area contributed by atoms with Gasteiger partial charge in [0, 0.05) is 5.69 Å². The van der Waals surface area contributed by atoms with Gasteiger partial charge in [0.2, 0.25) is 5.91 Å². The van der Waals surface area contributed by atoms with E-state index in [2.05, 4.69) is 21.2 Å². The van der Waals surface area contributed by atoms with Crippen molar-refractivity contribution in [3.05, 3.63) is 22.7 Å². The molecule has 0 unspecified atom stereocenters. The number of carbonyl (C=O) groups excluding carboxylic acids is 1. The van der Waals surface area contributed by atoms with Crippen LogP contribution in [0.25, 0.3) is 0 Å². The first kappa shape index (κ1) is 15.0. The second kappa shape index (κ2) is 6.75. The topological polar surface area (TPSA) is 64.3 Å². The summed E-state index contributed by atoms with van der Waals surface area (Å²) in [7, 11) is 1.59. The van der Waals surface area contributed by atoms with E-state index in [0.29, 0.717) is 18.0 Å². The zero-order chi connectivity index (χ0) is 13.7. The van der Waals surface area contributed by atoms with Crippen molar-refractivity contribution in [3.63, 3.8) is 0 Å². The van der Waals surface area contributed by atoms with Crippen LogP contribution in [-0.4, -0.2) is 19.1 Å². The zero-order valence-electron chi connectivity index (χ0n) is 10.9. The lowest BCUT2D eigenvalue weighted by atomic mass is 10.0. The maximum atomic E-state index is 11.8. The third kappa shape index (κ3) is 4.31. The Hall–Kier alpha value is -1.07. The van der Waals surface area contributed by atoms with Gasteiger partial charge in [-0.05, 0) is 46.5 Å². The van der Waals surface area contributed by atoms with Gasteiger partial charge in [0.05, 0.1) is 17.6 Å². The third-order valence-corrected chi connectivity index (χ3v) is 3.10. The van der Waals surface area contributed by atoms with E-state index in [1.54, 1.807) is 25.3 Å². The summed E-state index contributed by atoms with van der Waals surface area (Å²) in [5.74, 6) is 0.952. The van der Waals surface area contributed by atoms with Crippen molar-refractivity contribution in [1.82, 2.24) is 0 Å². The molecule has 4 nitrogen and oxygen atoms in total. The third-order valence-electron chi connectivity index (χ3n) is 2.48. The molecule has 18 heavy (non-hydrogen) atoms. The molecule has 1 amide bonds. The molecular formula is C13H19BrN2O2. The average Bonchev–Trinajstić information content (AvgIpc) is 2.28. The lowest BCUT2D eigenvalue weighted by molar-refractivity contribution is -0.117. The van der Waals surface area contributed by atoms with E-state index in [-0.39, 0.29) is 5.91 Å². The predicted octanol–water partition coefficient (Wildman–Crippen LogP) is 2.77. The molecule has 1 aromatic rings. The fourth-order valence-electron chi connectivity index (χ4n) is 1.59. The number of benzene rings is 1. The molecule has 0 saturated heterocycles. The fourth-order valence-corrected chi connectivity index (χ4v) is 2.13. The zero-order valence-corrected chi connectivity index (χ0v) is 12.5. The maximum absolute atomic E-state index is 11.8. The SMILES string of the molecule is COc1ccc(NC(=O)[C@@H](N)CC(C)C)cc1Br. The molecule has 1 rings (SSSR count). The molecule has 0 fully saturated rings. The molecule has 0 radical (unpaired) electrons. The fraction of sp³-hybridized carbons (Fsp3) is 0.462. The summed E-state index contributed by atoms with van der Waals surface area (Å²) < 4.78 is 5.91. The normalized spacial score (nSPS) is 12.3. The first-order valence-corrected chi connectivity index (χ1v) is 6.63. The van der Waals surface area contributed by atoms with Gasteiger partial charge >= 0.3 is 0 Å². The molecule has 0 aliphatic heterocycles. The van der Waals surface area contributed by atoms with Crippen molar-refractivity contribution in [1.29, 1.82) is 0 Å². The first-order valence-electron chi connectivity index (χ1n) is 5.84. The number of hydrogen-bond donors (Lipinski definition) is 2. The molecule has 3 N–H and O–H groups in total. The highest BCUT2D eigenvalue weighted by molar-refractivity contribution is 9.10. The maximum Gasteiger partial charge on any atom is 0.241 e. The smallest absolute Gasteiger partial charge is 0.241 e. The lowest BCUT2D eigenvalue weighted by Crippen LogP contribution is -2.36. The summed E-state index contributed by atoms with van der Waals surface area (Å²) >= 11 is 3.37. The molecule has 1 atom stereocenters. The first-order chi connectivity index (χ1) is 8.43. The van der Waals surface area contributed by atoms with Crippen molar-refractivity contribution >= 4 is 27.5 Å². The number of rotatable bonds is 5. The number of carbonyl (C=O) groups is 1. The second-order valence-corrected chi connectivity index (χ2v) is 5.43. The largest absolute Gasteiger partial charge is 0.496 e. The van der Waals surface area contributed by atoms with Crippen molar-refractivity contribution < 1.29 is 9.53 Å². The average molecular weight is 315 g/mol. The molecule has 0 aliphatic rings. The number of nitrogens with two attached hydrogens (primary N) is 1. The Balaban J connectivity index is 2.67. The molecule has 0 heterocycles. The molecule has 100 valence electrons. The molecule has 0 aliphatic carbocycles. The summed E-state index contributed by atoms with van der Waals surface area (Å²) in [4.78, 5) is 11.8. The minimum absolute atomic E-state index is 0.166. The van der Waals surface area contributed by atoms with Crippen LogP contribution in [0.2, 0.25) is 0 Å². The molecule has 0 saturated carbocycles. The molecule has 0 bridgehead atoms. The van der Waals surface area contributed by atoms with Crippen molar-refractivity contribution in [3.8, 4) is 5.75 Å². The van der Waals surface area contributed by atoms with E-state index in [1.807, 2.05) is 13.8 Å². The van der Waals surface area contributed by atoms with Crippen LogP contribution in [0.3, 0.4) is 0 Å². The molecule has 5 heteroatoms. The van der Waals surface area contributed by atoms with Gasteiger partial charge in [0.1, 0.15) is 5.75 Å². The predicted molar refractivity (Wildman–Crippen MR) is 76.8 cm³/mol. The summed E-state index contributed by atoms with van der Waals surface area (Å²) in [6.07, 6.45) is 0.670. The monoisotopic (exact) mass is 314 g/mol. The van der Waals surface area contributed by atoms with Crippen LogP contribution in [0.1, 0.15) is 20.3 Å². The summed E-state index contributed by atoms with van der Waals surface area (Å²) in [5.41, 5.74) is 6.51. The van der Waals surface area contributed by atoms with Gasteiger partial charge in [-0.3, -0.25) is 4.79 Å². The highest BCUT2D eigenvalue weighted by atomic mass is 79.9. The minimum Gasteiger partial charge on any atom is -0.496 e. The Morgan fingerprint density at radius 3 is 2.67 bits per heavy atom. The molecule has 0 aromatic heterocycles. The Labute approximate surface area is 116 Å². The van der Waals surface area contributed by atoms with E-state index in [1.165, 1.54) is 0 Å². The minimum atomic E-state index is -0.481. The quantitative estimate of drug-likeness (QED) is 0.878. The highest BCUT2D eigenvalue weighted by Gasteiger charge is 2.15. The van der Waals surface area contributed by atoms with E-state index < -0.39 is 6.04 Å². The van der Waals surface area contributed by atoms with Gasteiger partial charge in [0.15, 0.2) is 0 Å². The lowest BCUT2D eigenvalue weighted by Gasteiger charge is -2.14. The van der Waals surface area contributed by atoms with Crippen LogP contribution >= 0.6 is 15.9 Å². The number of anilines is 1. The van der Waals surface area contributed by atoms with E-state index in [0.717, 1.165) is 10.2 Å². The number of amides is 1. The van der Waals surface area contributed by atoms with Crippen LogP contribution in [0.15, 0.2) is 22.7 Å². The summed E-state index contributed by atoms with van der Waals surface area (Å²) in [6.45, 7) is 4.08. The summed E-state index contributed by atoms with van der Waals surface area (Å²) in [5, 5.41) is 2.79. The highest BCUT2D eigenvalue weighted by Crippen LogP contribution is 2.27. The number of hydrogen-bond acceptors (Lipinski definition) is 3. The van der Waals surface area contributed by atoms with Crippen LogP contribution in [0.4, 0.5) is 5.69 Å². The van der Waals surface area contributed by atoms with Crippen LogP contribution in [0, 0.1) is 5.92 Å². The molecular weight excluding hydrogens is 296 g/mol. The summed E-state index contributed by atoms with van der Waals surface area (Å²) in [6, 6.07) is 4.88. The number of methoxy groups -OCH3 is 1. The Kier molecular flexibility index (Phi) is 5.62.